The highest BCUT2D eigenvalue weighted by atomic mass is 16.6. The van der Waals surface area contributed by atoms with E-state index in [0.717, 1.165) is 13.0 Å². The molecule has 0 atom stereocenters. The van der Waals surface area contributed by atoms with E-state index in [4.69, 9.17) is 4.74 Å². The van der Waals surface area contributed by atoms with Gasteiger partial charge in [0.2, 0.25) is 11.8 Å². The molecule has 0 bridgehead atoms. The Morgan fingerprint density at radius 1 is 1.25 bits per heavy atom. The molecule has 1 heterocycles. The van der Waals surface area contributed by atoms with E-state index in [9.17, 15) is 10.1 Å². The fourth-order valence-corrected chi connectivity index (χ4v) is 1.61. The number of hydrogen-bond donors (Lipinski definition) is 2. The van der Waals surface area contributed by atoms with Crippen LogP contribution in [0.25, 0.3) is 0 Å². The van der Waals surface area contributed by atoms with Gasteiger partial charge in [-0.25, -0.2) is 4.98 Å². The molecule has 0 aliphatic carbocycles. The summed E-state index contributed by atoms with van der Waals surface area (Å²) in [5.74, 6) is 0.620. The van der Waals surface area contributed by atoms with Crippen LogP contribution < -0.4 is 10.6 Å². The summed E-state index contributed by atoms with van der Waals surface area (Å²) < 4.78 is 5.19. The summed E-state index contributed by atoms with van der Waals surface area (Å²) in [6, 6.07) is 0. The molecule has 112 valence electrons. The van der Waals surface area contributed by atoms with E-state index in [-0.39, 0.29) is 11.5 Å². The van der Waals surface area contributed by atoms with Gasteiger partial charge in [-0.1, -0.05) is 6.92 Å². The average Bonchev–Trinajstić information content (AvgIpc) is 2.40. The SMILES string of the molecule is CCCNc1nc(C)c([N+](=O)[O-])c(NCCOCC)n1. The fraction of sp³-hybridized carbons (Fsp3) is 0.667. The summed E-state index contributed by atoms with van der Waals surface area (Å²) in [5.41, 5.74) is 0.242. The first-order valence-electron chi connectivity index (χ1n) is 6.68. The first-order chi connectivity index (χ1) is 9.60. The molecule has 1 rings (SSSR count). The zero-order chi connectivity index (χ0) is 15.0. The molecule has 1 aromatic rings. The Labute approximate surface area is 118 Å². The van der Waals surface area contributed by atoms with Crippen LogP contribution in [0.5, 0.6) is 0 Å². The van der Waals surface area contributed by atoms with Crippen LogP contribution in [-0.2, 0) is 4.74 Å². The number of nitrogens with one attached hydrogen (secondary N) is 2. The van der Waals surface area contributed by atoms with Crippen LogP contribution in [0.1, 0.15) is 26.0 Å². The summed E-state index contributed by atoms with van der Waals surface area (Å²) in [4.78, 5) is 18.9. The molecule has 0 aliphatic rings. The Hall–Kier alpha value is -1.96. The molecule has 0 fully saturated rings. The number of nitro groups is 1. The molecule has 0 spiro atoms. The topological polar surface area (TPSA) is 102 Å². The van der Waals surface area contributed by atoms with Crippen LogP contribution in [0.15, 0.2) is 0 Å². The Morgan fingerprint density at radius 3 is 2.60 bits per heavy atom. The quantitative estimate of drug-likeness (QED) is 0.405. The van der Waals surface area contributed by atoms with Crippen molar-refractivity contribution in [1.82, 2.24) is 9.97 Å². The van der Waals surface area contributed by atoms with Gasteiger partial charge < -0.3 is 15.4 Å². The van der Waals surface area contributed by atoms with E-state index in [1.54, 1.807) is 6.92 Å². The first kappa shape index (κ1) is 16.1. The van der Waals surface area contributed by atoms with Crippen LogP contribution in [-0.4, -0.2) is 41.2 Å². The van der Waals surface area contributed by atoms with Crippen LogP contribution in [0.2, 0.25) is 0 Å². The predicted octanol–water partition coefficient (Wildman–Crippen LogP) is 1.96. The summed E-state index contributed by atoms with van der Waals surface area (Å²) in [6.07, 6.45) is 0.923. The van der Waals surface area contributed by atoms with Gasteiger partial charge in [0.05, 0.1) is 11.5 Å². The molecule has 0 radical (unpaired) electrons. The largest absolute Gasteiger partial charge is 0.380 e. The number of aryl methyl sites for hydroxylation is 1. The van der Waals surface area contributed by atoms with Crippen LogP contribution in [0.4, 0.5) is 17.5 Å². The van der Waals surface area contributed by atoms with E-state index in [1.165, 1.54) is 0 Å². The number of ether oxygens (including phenoxy) is 1. The number of anilines is 2. The minimum Gasteiger partial charge on any atom is -0.380 e. The second-order valence-corrected chi connectivity index (χ2v) is 4.14. The highest BCUT2D eigenvalue weighted by Crippen LogP contribution is 2.26. The lowest BCUT2D eigenvalue weighted by Crippen LogP contribution is -2.15. The summed E-state index contributed by atoms with van der Waals surface area (Å²) in [7, 11) is 0. The lowest BCUT2D eigenvalue weighted by Gasteiger charge is -2.10. The number of aromatic nitrogens is 2. The number of hydrogen-bond acceptors (Lipinski definition) is 7. The standard InChI is InChI=1S/C12H21N5O3/c1-4-6-14-12-15-9(3)10(17(18)19)11(16-12)13-7-8-20-5-2/h4-8H2,1-3H3,(H2,13,14,15,16). The molecule has 0 saturated heterocycles. The van der Waals surface area contributed by atoms with Crippen molar-refractivity contribution in [2.75, 3.05) is 36.9 Å². The van der Waals surface area contributed by atoms with Crippen molar-refractivity contribution in [2.45, 2.75) is 27.2 Å². The van der Waals surface area contributed by atoms with Gasteiger partial charge in [0.15, 0.2) is 0 Å². The summed E-state index contributed by atoms with van der Waals surface area (Å²) in [5, 5.41) is 17.0. The number of rotatable bonds is 9. The molecule has 20 heavy (non-hydrogen) atoms. The predicted molar refractivity (Wildman–Crippen MR) is 77.2 cm³/mol. The second kappa shape index (κ2) is 8.26. The van der Waals surface area contributed by atoms with Crippen molar-refractivity contribution in [3.63, 3.8) is 0 Å². The molecule has 0 aliphatic heterocycles. The Bertz CT molecular complexity index is 453. The highest BCUT2D eigenvalue weighted by molar-refractivity contribution is 5.60. The van der Waals surface area contributed by atoms with Crippen molar-refractivity contribution in [3.8, 4) is 0 Å². The van der Waals surface area contributed by atoms with E-state index in [0.29, 0.717) is 31.4 Å². The monoisotopic (exact) mass is 283 g/mol. The molecule has 1 aromatic heterocycles. The molecule has 0 aromatic carbocycles. The van der Waals surface area contributed by atoms with Gasteiger partial charge in [0.25, 0.3) is 0 Å². The fourth-order valence-electron chi connectivity index (χ4n) is 1.61. The maximum atomic E-state index is 11.1. The van der Waals surface area contributed by atoms with Gasteiger partial charge >= 0.3 is 5.69 Å². The van der Waals surface area contributed by atoms with Crippen LogP contribution in [0, 0.1) is 17.0 Å². The Morgan fingerprint density at radius 2 is 2.00 bits per heavy atom. The van der Waals surface area contributed by atoms with Gasteiger partial charge in [0, 0.05) is 19.7 Å². The van der Waals surface area contributed by atoms with Crippen molar-refractivity contribution < 1.29 is 9.66 Å². The van der Waals surface area contributed by atoms with Gasteiger partial charge in [-0.15, -0.1) is 0 Å². The molecule has 0 amide bonds. The third kappa shape index (κ3) is 4.61. The van der Waals surface area contributed by atoms with E-state index >= 15 is 0 Å². The lowest BCUT2D eigenvalue weighted by molar-refractivity contribution is -0.385. The maximum absolute atomic E-state index is 11.1. The molecule has 0 saturated carbocycles. The molecule has 8 nitrogen and oxygen atoms in total. The zero-order valence-electron chi connectivity index (χ0n) is 12.1. The van der Waals surface area contributed by atoms with Crippen molar-refractivity contribution >= 4 is 17.5 Å². The van der Waals surface area contributed by atoms with E-state index < -0.39 is 4.92 Å². The van der Waals surface area contributed by atoms with E-state index in [1.807, 2.05) is 13.8 Å². The highest BCUT2D eigenvalue weighted by Gasteiger charge is 2.21. The van der Waals surface area contributed by atoms with E-state index in [2.05, 4.69) is 20.6 Å². The van der Waals surface area contributed by atoms with Gasteiger partial charge in [-0.3, -0.25) is 10.1 Å². The Kier molecular flexibility index (Phi) is 6.65. The zero-order valence-corrected chi connectivity index (χ0v) is 12.1. The Balaban J connectivity index is 2.90. The molecule has 0 unspecified atom stereocenters. The lowest BCUT2D eigenvalue weighted by atomic mass is 10.3. The average molecular weight is 283 g/mol. The molecule has 2 N–H and O–H groups in total. The van der Waals surface area contributed by atoms with Crippen molar-refractivity contribution in [1.29, 1.82) is 0 Å². The van der Waals surface area contributed by atoms with Crippen LogP contribution >= 0.6 is 0 Å². The second-order valence-electron chi connectivity index (χ2n) is 4.14. The normalized spacial score (nSPS) is 10.3. The third-order valence-corrected chi connectivity index (χ3v) is 2.52. The van der Waals surface area contributed by atoms with Crippen LogP contribution in [0.3, 0.4) is 0 Å². The minimum absolute atomic E-state index is 0.0939. The minimum atomic E-state index is -0.470. The summed E-state index contributed by atoms with van der Waals surface area (Å²) >= 11 is 0. The van der Waals surface area contributed by atoms with Crippen molar-refractivity contribution in [2.24, 2.45) is 0 Å². The summed E-state index contributed by atoms with van der Waals surface area (Å²) in [6.45, 7) is 7.76. The first-order valence-corrected chi connectivity index (χ1v) is 6.68. The van der Waals surface area contributed by atoms with Gasteiger partial charge in [-0.2, -0.15) is 4.98 Å². The molecular formula is C12H21N5O3. The number of nitrogens with zero attached hydrogens (tertiary/aromatic N) is 3. The third-order valence-electron chi connectivity index (χ3n) is 2.52. The molecule has 8 heteroatoms. The van der Waals surface area contributed by atoms with Gasteiger partial charge in [0.1, 0.15) is 5.69 Å². The maximum Gasteiger partial charge on any atom is 0.332 e. The van der Waals surface area contributed by atoms with Gasteiger partial charge in [-0.05, 0) is 20.3 Å². The van der Waals surface area contributed by atoms with Crippen molar-refractivity contribution in [3.05, 3.63) is 15.8 Å². The molecular weight excluding hydrogens is 262 g/mol. The smallest absolute Gasteiger partial charge is 0.332 e.